The highest BCUT2D eigenvalue weighted by atomic mass is 32.2. The molecule has 1 heterocycles. The number of rotatable bonds is 8. The van der Waals surface area contributed by atoms with E-state index in [2.05, 4.69) is 10.3 Å². The Balaban J connectivity index is 1.95. The molecule has 1 amide bonds. The van der Waals surface area contributed by atoms with Crippen LogP contribution in [0.5, 0.6) is 11.5 Å². The minimum absolute atomic E-state index is 0.0301. The number of alkyl halides is 3. The van der Waals surface area contributed by atoms with Crippen molar-refractivity contribution in [2.24, 2.45) is 0 Å². The highest BCUT2D eigenvalue weighted by molar-refractivity contribution is 7.99. The van der Waals surface area contributed by atoms with Crippen LogP contribution in [0.15, 0.2) is 29.3 Å². The Hall–Kier alpha value is -2.93. The van der Waals surface area contributed by atoms with E-state index in [1.165, 1.54) is 21.1 Å². The second-order valence-electron chi connectivity index (χ2n) is 6.17. The van der Waals surface area contributed by atoms with Crippen LogP contribution in [-0.4, -0.2) is 30.9 Å². The molecule has 0 atom stereocenters. The molecular formula is C20H20F3N3O3S. The zero-order chi connectivity index (χ0) is 22.3. The van der Waals surface area contributed by atoms with Gasteiger partial charge in [0.2, 0.25) is 5.91 Å². The lowest BCUT2D eigenvalue weighted by atomic mass is 10.1. The second-order valence-corrected chi connectivity index (χ2v) is 7.25. The van der Waals surface area contributed by atoms with Gasteiger partial charge in [0.15, 0.2) is 11.5 Å². The lowest BCUT2D eigenvalue weighted by molar-refractivity contribution is -0.138. The maximum absolute atomic E-state index is 13.1. The summed E-state index contributed by atoms with van der Waals surface area (Å²) in [6.45, 7) is 1.69. The summed E-state index contributed by atoms with van der Waals surface area (Å²) in [6, 6.07) is 7.67. The minimum Gasteiger partial charge on any atom is -0.493 e. The molecule has 1 aromatic heterocycles. The summed E-state index contributed by atoms with van der Waals surface area (Å²) in [7, 11) is 3.03. The molecule has 1 N–H and O–H groups in total. The van der Waals surface area contributed by atoms with E-state index in [0.29, 0.717) is 11.5 Å². The van der Waals surface area contributed by atoms with Gasteiger partial charge in [0.1, 0.15) is 11.1 Å². The smallest absolute Gasteiger partial charge is 0.417 e. The number of aromatic nitrogens is 1. The fourth-order valence-electron chi connectivity index (χ4n) is 2.60. The number of carbonyl (C=O) groups is 1. The van der Waals surface area contributed by atoms with E-state index in [0.717, 1.165) is 23.4 Å². The first-order chi connectivity index (χ1) is 14.2. The molecule has 0 saturated carbocycles. The fourth-order valence-corrected chi connectivity index (χ4v) is 3.59. The lowest BCUT2D eigenvalue weighted by Crippen LogP contribution is -2.23. The highest BCUT2D eigenvalue weighted by Crippen LogP contribution is 2.36. The molecule has 0 fully saturated rings. The number of carbonyl (C=O) groups excluding carboxylic acids is 1. The first-order valence-electron chi connectivity index (χ1n) is 8.79. The lowest BCUT2D eigenvalue weighted by Gasteiger charge is -2.13. The molecule has 0 bridgehead atoms. The Morgan fingerprint density at radius 2 is 1.93 bits per heavy atom. The van der Waals surface area contributed by atoms with Crippen LogP contribution in [0, 0.1) is 18.3 Å². The van der Waals surface area contributed by atoms with Crippen LogP contribution < -0.4 is 14.8 Å². The molecule has 30 heavy (non-hydrogen) atoms. The number of nitrogens with one attached hydrogen (secondary N) is 1. The molecule has 6 nitrogen and oxygen atoms in total. The number of hydrogen-bond donors (Lipinski definition) is 1. The maximum Gasteiger partial charge on any atom is 0.417 e. The summed E-state index contributed by atoms with van der Waals surface area (Å²) >= 11 is 0.946. The van der Waals surface area contributed by atoms with Crippen molar-refractivity contribution in [2.75, 3.05) is 20.0 Å². The first kappa shape index (κ1) is 23.3. The first-order valence-corrected chi connectivity index (χ1v) is 9.77. The van der Waals surface area contributed by atoms with Crippen LogP contribution in [0.2, 0.25) is 0 Å². The van der Waals surface area contributed by atoms with Gasteiger partial charge < -0.3 is 14.8 Å². The molecule has 0 spiro atoms. The quantitative estimate of drug-likeness (QED) is 0.624. The Kier molecular flexibility index (Phi) is 7.94. The van der Waals surface area contributed by atoms with Crippen molar-refractivity contribution >= 4 is 17.7 Å². The van der Waals surface area contributed by atoms with E-state index < -0.39 is 17.3 Å². The van der Waals surface area contributed by atoms with E-state index >= 15 is 0 Å². The van der Waals surface area contributed by atoms with Crippen molar-refractivity contribution in [3.8, 4) is 17.6 Å². The maximum atomic E-state index is 13.1. The molecular weight excluding hydrogens is 419 g/mol. The summed E-state index contributed by atoms with van der Waals surface area (Å²) in [5.41, 5.74) is -0.584. The summed E-state index contributed by atoms with van der Waals surface area (Å²) in [5, 5.41) is 11.9. The molecule has 0 aliphatic carbocycles. The topological polar surface area (TPSA) is 84.2 Å². The Morgan fingerprint density at radius 1 is 1.23 bits per heavy atom. The third-order valence-electron chi connectivity index (χ3n) is 4.04. The number of amides is 1. The predicted molar refractivity (Wildman–Crippen MR) is 105 cm³/mol. The third-order valence-corrected chi connectivity index (χ3v) is 5.01. The fraction of sp³-hybridized carbons (Fsp3) is 0.350. The molecule has 0 saturated heterocycles. The largest absolute Gasteiger partial charge is 0.493 e. The van der Waals surface area contributed by atoms with Gasteiger partial charge >= 0.3 is 6.18 Å². The van der Waals surface area contributed by atoms with Gasteiger partial charge in [-0.1, -0.05) is 6.07 Å². The van der Waals surface area contributed by atoms with Gasteiger partial charge in [0, 0.05) is 24.4 Å². The molecule has 10 heteroatoms. The van der Waals surface area contributed by atoms with Gasteiger partial charge in [-0.25, -0.2) is 4.98 Å². The average Bonchev–Trinajstić information content (AvgIpc) is 2.70. The van der Waals surface area contributed by atoms with Gasteiger partial charge in [-0.3, -0.25) is 4.79 Å². The number of halogens is 3. The van der Waals surface area contributed by atoms with Gasteiger partial charge in [0.25, 0.3) is 0 Å². The van der Waals surface area contributed by atoms with Crippen molar-refractivity contribution in [3.63, 3.8) is 0 Å². The summed E-state index contributed by atoms with van der Waals surface area (Å²) < 4.78 is 49.8. The predicted octanol–water partition coefficient (Wildman–Crippen LogP) is 4.10. The van der Waals surface area contributed by atoms with Crippen molar-refractivity contribution in [2.45, 2.75) is 31.1 Å². The number of pyridine rings is 1. The number of nitrogens with zero attached hydrogens (tertiary/aromatic N) is 2. The minimum atomic E-state index is -4.65. The number of thioether (sulfide) groups is 1. The molecule has 2 rings (SSSR count). The van der Waals surface area contributed by atoms with Gasteiger partial charge in [-0.15, -0.1) is 11.8 Å². The highest BCUT2D eigenvalue weighted by Gasteiger charge is 2.35. The van der Waals surface area contributed by atoms with E-state index in [4.69, 9.17) is 14.7 Å². The molecule has 0 radical (unpaired) electrons. The van der Waals surface area contributed by atoms with Crippen LogP contribution >= 0.6 is 11.8 Å². The Morgan fingerprint density at radius 3 is 2.53 bits per heavy atom. The van der Waals surface area contributed by atoms with Crippen molar-refractivity contribution in [1.29, 1.82) is 5.26 Å². The monoisotopic (exact) mass is 439 g/mol. The van der Waals surface area contributed by atoms with Crippen molar-refractivity contribution < 1.29 is 27.4 Å². The number of hydrogen-bond acceptors (Lipinski definition) is 6. The molecule has 2 aromatic rings. The molecule has 0 aliphatic rings. The van der Waals surface area contributed by atoms with E-state index in [1.807, 2.05) is 0 Å². The standard InChI is InChI=1S/C20H20F3N3O3S/c1-12-8-15(20(21,22)23)14(10-24)19(26-12)30-7-6-18(27)25-11-13-4-5-16(28-2)17(9-13)29-3/h4-5,8-9H,6-7,11H2,1-3H3,(H,25,27). The Bertz CT molecular complexity index is 959. The van der Waals surface area contributed by atoms with Gasteiger partial charge in [0.05, 0.1) is 25.3 Å². The van der Waals surface area contributed by atoms with Gasteiger partial charge in [-0.2, -0.15) is 18.4 Å². The SMILES string of the molecule is COc1ccc(CNC(=O)CCSc2nc(C)cc(C(F)(F)F)c2C#N)cc1OC. The molecule has 0 unspecified atom stereocenters. The molecule has 1 aromatic carbocycles. The number of methoxy groups -OCH3 is 2. The number of nitriles is 1. The third kappa shape index (κ3) is 6.03. The number of benzene rings is 1. The van der Waals surface area contributed by atoms with E-state index in [-0.39, 0.29) is 35.3 Å². The van der Waals surface area contributed by atoms with E-state index in [9.17, 15) is 18.0 Å². The van der Waals surface area contributed by atoms with Crippen LogP contribution in [0.4, 0.5) is 13.2 Å². The zero-order valence-electron chi connectivity index (χ0n) is 16.6. The van der Waals surface area contributed by atoms with Crippen LogP contribution in [0.3, 0.4) is 0 Å². The number of aryl methyl sites for hydroxylation is 1. The Labute approximate surface area is 176 Å². The second kappa shape index (κ2) is 10.2. The van der Waals surface area contributed by atoms with Crippen molar-refractivity contribution in [1.82, 2.24) is 10.3 Å². The average molecular weight is 439 g/mol. The molecule has 0 aliphatic heterocycles. The van der Waals surface area contributed by atoms with Crippen LogP contribution in [-0.2, 0) is 17.5 Å². The number of ether oxygens (including phenoxy) is 2. The van der Waals surface area contributed by atoms with Crippen LogP contribution in [0.25, 0.3) is 0 Å². The van der Waals surface area contributed by atoms with Crippen LogP contribution in [0.1, 0.15) is 28.8 Å². The molecule has 160 valence electrons. The zero-order valence-corrected chi connectivity index (χ0v) is 17.4. The summed E-state index contributed by atoms with van der Waals surface area (Å²) in [4.78, 5) is 16.1. The van der Waals surface area contributed by atoms with Crippen molar-refractivity contribution in [3.05, 3.63) is 46.6 Å². The summed E-state index contributed by atoms with van der Waals surface area (Å²) in [5.74, 6) is 1.01. The summed E-state index contributed by atoms with van der Waals surface area (Å²) in [6.07, 6.45) is -4.59. The van der Waals surface area contributed by atoms with Gasteiger partial charge in [-0.05, 0) is 30.7 Å². The normalized spacial score (nSPS) is 11.0. The van der Waals surface area contributed by atoms with E-state index in [1.54, 1.807) is 24.3 Å².